The lowest BCUT2D eigenvalue weighted by Crippen LogP contribution is -2.29. The SMILES string of the molecule is Cc1ccc(N(Cc2ccc(C(=O)N/N=C\c3ccncc3)cc2)S(C)(=O)=O)cc1C. The molecule has 0 fully saturated rings. The molecule has 0 spiro atoms. The maximum absolute atomic E-state index is 12.4. The van der Waals surface area contributed by atoms with E-state index in [4.69, 9.17) is 0 Å². The molecule has 0 saturated heterocycles. The van der Waals surface area contributed by atoms with Crippen molar-refractivity contribution in [2.75, 3.05) is 10.6 Å². The summed E-state index contributed by atoms with van der Waals surface area (Å²) in [5.41, 5.74) is 7.20. The number of carbonyl (C=O) groups excluding carboxylic acids is 1. The second-order valence-electron chi connectivity index (χ2n) is 7.21. The van der Waals surface area contributed by atoms with Crippen molar-refractivity contribution in [1.29, 1.82) is 0 Å². The first-order valence-corrected chi connectivity index (χ1v) is 11.5. The molecule has 0 atom stereocenters. The summed E-state index contributed by atoms with van der Waals surface area (Å²) in [6, 6.07) is 15.9. The van der Waals surface area contributed by atoms with Gasteiger partial charge in [0.15, 0.2) is 0 Å². The van der Waals surface area contributed by atoms with Gasteiger partial charge in [0, 0.05) is 18.0 Å². The molecule has 8 heteroatoms. The molecule has 1 amide bonds. The fourth-order valence-electron chi connectivity index (χ4n) is 2.89. The third kappa shape index (κ3) is 5.99. The van der Waals surface area contributed by atoms with Gasteiger partial charge in [-0.25, -0.2) is 13.8 Å². The minimum atomic E-state index is -3.48. The number of aromatic nitrogens is 1. The highest BCUT2D eigenvalue weighted by Crippen LogP contribution is 2.23. The Hall–Kier alpha value is -3.52. The van der Waals surface area contributed by atoms with Gasteiger partial charge in [-0.05, 0) is 72.5 Å². The zero-order valence-corrected chi connectivity index (χ0v) is 18.4. The van der Waals surface area contributed by atoms with Crippen LogP contribution in [0.1, 0.15) is 32.6 Å². The lowest BCUT2D eigenvalue weighted by Gasteiger charge is -2.23. The smallest absolute Gasteiger partial charge is 0.267 e. The van der Waals surface area contributed by atoms with E-state index < -0.39 is 10.0 Å². The van der Waals surface area contributed by atoms with Gasteiger partial charge < -0.3 is 0 Å². The summed E-state index contributed by atoms with van der Waals surface area (Å²) in [6.07, 6.45) is 5.99. The largest absolute Gasteiger partial charge is 0.271 e. The summed E-state index contributed by atoms with van der Waals surface area (Å²) in [5.74, 6) is -0.356. The van der Waals surface area contributed by atoms with Crippen LogP contribution < -0.4 is 9.73 Å². The number of sulfonamides is 1. The maximum Gasteiger partial charge on any atom is 0.271 e. The lowest BCUT2D eigenvalue weighted by atomic mass is 10.1. The zero-order chi connectivity index (χ0) is 22.4. The number of amides is 1. The number of hydrazone groups is 1. The van der Waals surface area contributed by atoms with Crippen molar-refractivity contribution in [3.63, 3.8) is 0 Å². The van der Waals surface area contributed by atoms with Crippen LogP contribution in [0.4, 0.5) is 5.69 Å². The molecule has 3 rings (SSSR count). The fourth-order valence-corrected chi connectivity index (χ4v) is 3.77. The number of anilines is 1. The first-order chi connectivity index (χ1) is 14.7. The van der Waals surface area contributed by atoms with Crippen LogP contribution in [0.3, 0.4) is 0 Å². The second-order valence-corrected chi connectivity index (χ2v) is 9.12. The normalized spacial score (nSPS) is 11.5. The number of aryl methyl sites for hydroxylation is 2. The Morgan fingerprint density at radius 3 is 2.32 bits per heavy atom. The molecule has 0 bridgehead atoms. The van der Waals surface area contributed by atoms with E-state index in [0.29, 0.717) is 11.3 Å². The van der Waals surface area contributed by atoms with Crippen LogP contribution in [-0.2, 0) is 16.6 Å². The molecule has 160 valence electrons. The van der Waals surface area contributed by atoms with Crippen molar-refractivity contribution in [2.45, 2.75) is 20.4 Å². The predicted molar refractivity (Wildman–Crippen MR) is 123 cm³/mol. The molecule has 1 N–H and O–H groups in total. The molecule has 1 heterocycles. The molecular weight excluding hydrogens is 412 g/mol. The summed E-state index contributed by atoms with van der Waals surface area (Å²) in [4.78, 5) is 16.2. The van der Waals surface area contributed by atoms with E-state index in [2.05, 4.69) is 15.5 Å². The highest BCUT2D eigenvalue weighted by molar-refractivity contribution is 7.92. The van der Waals surface area contributed by atoms with Crippen molar-refractivity contribution in [3.8, 4) is 0 Å². The van der Waals surface area contributed by atoms with Gasteiger partial charge in [-0.1, -0.05) is 18.2 Å². The standard InChI is InChI=1S/C23H24N4O3S/c1-17-4-9-22(14-18(17)2)27(31(3,29)30)16-20-5-7-21(8-6-20)23(28)26-25-15-19-10-12-24-13-11-19/h4-15H,16H2,1-3H3,(H,26,28)/b25-15-. The minimum Gasteiger partial charge on any atom is -0.267 e. The minimum absolute atomic E-state index is 0.170. The van der Waals surface area contributed by atoms with E-state index in [9.17, 15) is 13.2 Å². The van der Waals surface area contributed by atoms with Crippen LogP contribution in [0.25, 0.3) is 0 Å². The van der Waals surface area contributed by atoms with E-state index in [0.717, 1.165) is 22.3 Å². The monoisotopic (exact) mass is 436 g/mol. The molecule has 31 heavy (non-hydrogen) atoms. The van der Waals surface area contributed by atoms with Crippen molar-refractivity contribution in [3.05, 3.63) is 94.8 Å². The van der Waals surface area contributed by atoms with Crippen LogP contribution in [-0.4, -0.2) is 31.8 Å². The molecule has 0 aliphatic heterocycles. The summed E-state index contributed by atoms with van der Waals surface area (Å²) < 4.78 is 26.1. The molecular formula is C23H24N4O3S. The van der Waals surface area contributed by atoms with Crippen molar-refractivity contribution >= 4 is 27.8 Å². The van der Waals surface area contributed by atoms with E-state index in [-0.39, 0.29) is 12.5 Å². The Balaban J connectivity index is 1.71. The molecule has 0 unspecified atom stereocenters. The van der Waals surface area contributed by atoms with Gasteiger partial charge in [0.2, 0.25) is 10.0 Å². The fraction of sp³-hybridized carbons (Fsp3) is 0.174. The second kappa shape index (κ2) is 9.53. The molecule has 0 saturated carbocycles. The van der Waals surface area contributed by atoms with Crippen LogP contribution in [0.2, 0.25) is 0 Å². The number of rotatable bonds is 7. The number of nitrogens with zero attached hydrogens (tertiary/aromatic N) is 3. The molecule has 0 aliphatic carbocycles. The molecule has 7 nitrogen and oxygen atoms in total. The number of carbonyl (C=O) groups is 1. The molecule has 2 aromatic carbocycles. The van der Waals surface area contributed by atoms with Gasteiger partial charge >= 0.3 is 0 Å². The van der Waals surface area contributed by atoms with E-state index in [1.54, 1.807) is 54.9 Å². The number of hydrogen-bond acceptors (Lipinski definition) is 5. The van der Waals surface area contributed by atoms with E-state index in [1.165, 1.54) is 16.8 Å². The van der Waals surface area contributed by atoms with Crippen LogP contribution >= 0.6 is 0 Å². The maximum atomic E-state index is 12.4. The molecule has 0 aliphatic rings. The van der Waals surface area contributed by atoms with Crippen LogP contribution in [0.15, 0.2) is 72.1 Å². The highest BCUT2D eigenvalue weighted by Gasteiger charge is 2.18. The number of pyridine rings is 1. The Labute approximate surface area is 182 Å². The number of benzene rings is 2. The van der Waals surface area contributed by atoms with Crippen molar-refractivity contribution < 1.29 is 13.2 Å². The third-order valence-electron chi connectivity index (χ3n) is 4.81. The van der Waals surface area contributed by atoms with Crippen molar-refractivity contribution in [1.82, 2.24) is 10.4 Å². The highest BCUT2D eigenvalue weighted by atomic mass is 32.2. The van der Waals surface area contributed by atoms with Crippen LogP contribution in [0, 0.1) is 13.8 Å². The zero-order valence-electron chi connectivity index (χ0n) is 17.6. The average molecular weight is 437 g/mol. The predicted octanol–water partition coefficient (Wildman–Crippen LogP) is 3.43. The Morgan fingerprint density at radius 2 is 1.71 bits per heavy atom. The Morgan fingerprint density at radius 1 is 1.03 bits per heavy atom. The quantitative estimate of drug-likeness (QED) is 0.454. The average Bonchev–Trinajstić information content (AvgIpc) is 2.74. The lowest BCUT2D eigenvalue weighted by molar-refractivity contribution is 0.0955. The number of nitrogens with one attached hydrogen (secondary N) is 1. The summed E-state index contributed by atoms with van der Waals surface area (Å²) >= 11 is 0. The van der Waals surface area contributed by atoms with Gasteiger partial charge in [0.25, 0.3) is 5.91 Å². The van der Waals surface area contributed by atoms with Gasteiger partial charge in [0.05, 0.1) is 24.7 Å². The summed E-state index contributed by atoms with van der Waals surface area (Å²) in [5, 5.41) is 3.94. The Bertz CT molecular complexity index is 1190. The van der Waals surface area contributed by atoms with Crippen LogP contribution in [0.5, 0.6) is 0 Å². The molecule has 3 aromatic rings. The Kier molecular flexibility index (Phi) is 6.81. The molecule has 1 aromatic heterocycles. The summed E-state index contributed by atoms with van der Waals surface area (Å²) in [6.45, 7) is 4.10. The van der Waals surface area contributed by atoms with Gasteiger partial charge in [-0.2, -0.15) is 5.10 Å². The van der Waals surface area contributed by atoms with Gasteiger partial charge in [-0.15, -0.1) is 0 Å². The van der Waals surface area contributed by atoms with E-state index in [1.807, 2.05) is 26.0 Å². The van der Waals surface area contributed by atoms with Gasteiger partial charge in [0.1, 0.15) is 0 Å². The summed E-state index contributed by atoms with van der Waals surface area (Å²) in [7, 11) is -3.48. The number of hydrogen-bond donors (Lipinski definition) is 1. The van der Waals surface area contributed by atoms with E-state index >= 15 is 0 Å². The third-order valence-corrected chi connectivity index (χ3v) is 5.95. The first-order valence-electron chi connectivity index (χ1n) is 9.61. The van der Waals surface area contributed by atoms with Gasteiger partial charge in [-0.3, -0.25) is 14.1 Å². The topological polar surface area (TPSA) is 91.7 Å². The van der Waals surface area contributed by atoms with Crippen molar-refractivity contribution in [2.24, 2.45) is 5.10 Å². The molecule has 0 radical (unpaired) electrons. The first kappa shape index (κ1) is 22.2.